The maximum atomic E-state index is 12.0. The summed E-state index contributed by atoms with van der Waals surface area (Å²) in [6, 6.07) is 9.44. The SMILES string of the molecule is CCCNCCCCS(=O)(=O)NC(C)c1ccccc1. The summed E-state index contributed by atoms with van der Waals surface area (Å²) in [5.74, 6) is 0.192. The Balaban J connectivity index is 2.31. The third-order valence-corrected chi connectivity index (χ3v) is 4.64. The Hall–Kier alpha value is -0.910. The summed E-state index contributed by atoms with van der Waals surface area (Å²) < 4.78 is 26.7. The number of benzene rings is 1. The average Bonchev–Trinajstić information content (AvgIpc) is 2.43. The van der Waals surface area contributed by atoms with Gasteiger partial charge in [-0.3, -0.25) is 0 Å². The van der Waals surface area contributed by atoms with Gasteiger partial charge in [0.1, 0.15) is 0 Å². The first-order valence-electron chi connectivity index (χ1n) is 7.31. The Kier molecular flexibility index (Phi) is 7.80. The van der Waals surface area contributed by atoms with Crippen LogP contribution in [0.4, 0.5) is 0 Å². The van der Waals surface area contributed by atoms with Crippen LogP contribution in [0.25, 0.3) is 0 Å². The van der Waals surface area contributed by atoms with Crippen molar-refractivity contribution in [3.63, 3.8) is 0 Å². The lowest BCUT2D eigenvalue weighted by Crippen LogP contribution is -2.29. The van der Waals surface area contributed by atoms with Crippen molar-refractivity contribution in [2.24, 2.45) is 0 Å². The van der Waals surface area contributed by atoms with E-state index >= 15 is 0 Å². The van der Waals surface area contributed by atoms with E-state index in [0.717, 1.165) is 31.5 Å². The van der Waals surface area contributed by atoms with Crippen LogP contribution in [0, 0.1) is 0 Å². The molecule has 1 unspecified atom stereocenters. The molecule has 0 amide bonds. The summed E-state index contributed by atoms with van der Waals surface area (Å²) in [4.78, 5) is 0. The van der Waals surface area contributed by atoms with E-state index in [2.05, 4.69) is 17.0 Å². The highest BCUT2D eigenvalue weighted by atomic mass is 32.2. The summed E-state index contributed by atoms with van der Waals surface area (Å²) in [5, 5.41) is 3.27. The fourth-order valence-electron chi connectivity index (χ4n) is 1.98. The van der Waals surface area contributed by atoms with Gasteiger partial charge in [-0.05, 0) is 44.8 Å². The van der Waals surface area contributed by atoms with Gasteiger partial charge in [0.25, 0.3) is 0 Å². The minimum atomic E-state index is -3.20. The molecular weight excluding hydrogens is 272 g/mol. The molecular formula is C15H26N2O2S. The van der Waals surface area contributed by atoms with E-state index in [0.29, 0.717) is 6.42 Å². The number of unbranched alkanes of at least 4 members (excludes halogenated alkanes) is 1. The average molecular weight is 298 g/mol. The van der Waals surface area contributed by atoms with Gasteiger partial charge < -0.3 is 5.32 Å². The molecule has 5 heteroatoms. The molecule has 4 nitrogen and oxygen atoms in total. The van der Waals surface area contributed by atoms with Crippen LogP contribution >= 0.6 is 0 Å². The van der Waals surface area contributed by atoms with Crippen LogP contribution in [0.15, 0.2) is 30.3 Å². The molecule has 1 rings (SSSR count). The number of rotatable bonds is 10. The Morgan fingerprint density at radius 1 is 1.10 bits per heavy atom. The van der Waals surface area contributed by atoms with Crippen LogP contribution in [-0.2, 0) is 10.0 Å². The van der Waals surface area contributed by atoms with Crippen LogP contribution in [-0.4, -0.2) is 27.3 Å². The second kappa shape index (κ2) is 9.10. The molecule has 0 radical (unpaired) electrons. The smallest absolute Gasteiger partial charge is 0.212 e. The molecule has 0 aliphatic rings. The Morgan fingerprint density at radius 3 is 2.45 bits per heavy atom. The van der Waals surface area contributed by atoms with E-state index < -0.39 is 10.0 Å². The van der Waals surface area contributed by atoms with Crippen LogP contribution in [0.5, 0.6) is 0 Å². The highest BCUT2D eigenvalue weighted by Crippen LogP contribution is 2.12. The van der Waals surface area contributed by atoms with Gasteiger partial charge in [0, 0.05) is 6.04 Å². The molecule has 0 bridgehead atoms. The summed E-state index contributed by atoms with van der Waals surface area (Å²) in [6.45, 7) is 5.87. The van der Waals surface area contributed by atoms with E-state index in [-0.39, 0.29) is 11.8 Å². The zero-order valence-electron chi connectivity index (χ0n) is 12.4. The van der Waals surface area contributed by atoms with Gasteiger partial charge in [-0.25, -0.2) is 13.1 Å². The summed E-state index contributed by atoms with van der Waals surface area (Å²) >= 11 is 0. The summed E-state index contributed by atoms with van der Waals surface area (Å²) in [7, 11) is -3.20. The van der Waals surface area contributed by atoms with Gasteiger partial charge in [-0.15, -0.1) is 0 Å². The Labute approximate surface area is 123 Å². The number of nitrogens with one attached hydrogen (secondary N) is 2. The molecule has 0 aromatic heterocycles. The first kappa shape index (κ1) is 17.1. The van der Waals surface area contributed by atoms with Crippen molar-refractivity contribution in [2.45, 2.75) is 39.2 Å². The zero-order chi connectivity index (χ0) is 14.8. The zero-order valence-corrected chi connectivity index (χ0v) is 13.2. The van der Waals surface area contributed by atoms with Gasteiger partial charge in [-0.2, -0.15) is 0 Å². The third kappa shape index (κ3) is 7.03. The highest BCUT2D eigenvalue weighted by Gasteiger charge is 2.14. The molecule has 0 saturated carbocycles. The van der Waals surface area contributed by atoms with Crippen molar-refractivity contribution >= 4 is 10.0 Å². The van der Waals surface area contributed by atoms with Gasteiger partial charge in [0.05, 0.1) is 5.75 Å². The predicted octanol–water partition coefficient (Wildman–Crippen LogP) is 2.45. The van der Waals surface area contributed by atoms with Gasteiger partial charge in [-0.1, -0.05) is 37.3 Å². The van der Waals surface area contributed by atoms with Crippen molar-refractivity contribution in [1.29, 1.82) is 0 Å². The quantitative estimate of drug-likeness (QED) is 0.652. The third-order valence-electron chi connectivity index (χ3n) is 3.10. The second-order valence-corrected chi connectivity index (χ2v) is 6.90. The van der Waals surface area contributed by atoms with Gasteiger partial charge >= 0.3 is 0 Å². The predicted molar refractivity (Wildman–Crippen MR) is 84.2 cm³/mol. The molecule has 114 valence electrons. The molecule has 0 aliphatic carbocycles. The van der Waals surface area contributed by atoms with Gasteiger partial charge in [0.2, 0.25) is 10.0 Å². The standard InChI is InChI=1S/C15H26N2O2S/c1-3-11-16-12-7-8-13-20(18,19)17-14(2)15-9-5-4-6-10-15/h4-6,9-10,14,16-17H,3,7-8,11-13H2,1-2H3. The lowest BCUT2D eigenvalue weighted by Gasteiger charge is -2.14. The van der Waals surface area contributed by atoms with Gasteiger partial charge in [0.15, 0.2) is 0 Å². The second-order valence-electron chi connectivity index (χ2n) is 5.03. The maximum absolute atomic E-state index is 12.0. The molecule has 0 heterocycles. The molecule has 20 heavy (non-hydrogen) atoms. The largest absolute Gasteiger partial charge is 0.317 e. The van der Waals surface area contributed by atoms with E-state index in [4.69, 9.17) is 0 Å². The molecule has 0 saturated heterocycles. The minimum absolute atomic E-state index is 0.181. The molecule has 1 aromatic rings. The van der Waals surface area contributed by atoms with E-state index in [1.54, 1.807) is 0 Å². The van der Waals surface area contributed by atoms with E-state index in [9.17, 15) is 8.42 Å². The summed E-state index contributed by atoms with van der Waals surface area (Å²) in [6.07, 6.45) is 2.68. The molecule has 1 atom stereocenters. The van der Waals surface area contributed by atoms with Crippen LogP contribution < -0.4 is 10.0 Å². The molecule has 1 aromatic carbocycles. The number of hydrogen-bond acceptors (Lipinski definition) is 3. The van der Waals surface area contributed by atoms with E-state index in [1.165, 1.54) is 0 Å². The fourth-order valence-corrected chi connectivity index (χ4v) is 3.36. The molecule has 0 spiro atoms. The van der Waals surface area contributed by atoms with Crippen molar-refractivity contribution < 1.29 is 8.42 Å². The normalized spacial score (nSPS) is 13.3. The maximum Gasteiger partial charge on any atom is 0.212 e. The topological polar surface area (TPSA) is 58.2 Å². The molecule has 0 aliphatic heterocycles. The lowest BCUT2D eigenvalue weighted by molar-refractivity contribution is 0.560. The lowest BCUT2D eigenvalue weighted by atomic mass is 10.1. The minimum Gasteiger partial charge on any atom is -0.317 e. The summed E-state index contributed by atoms with van der Waals surface area (Å²) in [5.41, 5.74) is 0.987. The van der Waals surface area contributed by atoms with Crippen molar-refractivity contribution in [1.82, 2.24) is 10.0 Å². The van der Waals surface area contributed by atoms with Crippen molar-refractivity contribution in [2.75, 3.05) is 18.8 Å². The first-order chi connectivity index (χ1) is 9.55. The fraction of sp³-hybridized carbons (Fsp3) is 0.600. The Morgan fingerprint density at radius 2 is 1.80 bits per heavy atom. The molecule has 2 N–H and O–H groups in total. The van der Waals surface area contributed by atoms with E-state index in [1.807, 2.05) is 37.3 Å². The monoisotopic (exact) mass is 298 g/mol. The number of sulfonamides is 1. The highest BCUT2D eigenvalue weighted by molar-refractivity contribution is 7.89. The first-order valence-corrected chi connectivity index (χ1v) is 8.96. The Bertz CT molecular complexity index is 460. The van der Waals surface area contributed by atoms with Crippen LogP contribution in [0.3, 0.4) is 0 Å². The van der Waals surface area contributed by atoms with Crippen LogP contribution in [0.1, 0.15) is 44.7 Å². The van der Waals surface area contributed by atoms with Crippen molar-refractivity contribution in [3.8, 4) is 0 Å². The van der Waals surface area contributed by atoms with Crippen molar-refractivity contribution in [3.05, 3.63) is 35.9 Å². The number of hydrogen-bond donors (Lipinski definition) is 2. The molecule has 0 fully saturated rings. The van der Waals surface area contributed by atoms with Crippen LogP contribution in [0.2, 0.25) is 0 Å².